The maximum Gasteiger partial charge on any atom is 0.488 e. The SMILES string of the molecule is CCO[C@@H]1COC[C@H]1n1cc(C(=O)Nc2ccc(OS(=O)(=O)F)cc2)nn1. The van der Waals surface area contributed by atoms with Gasteiger partial charge in [-0.3, -0.25) is 4.79 Å². The number of hydrogen-bond donors (Lipinski definition) is 1. The summed E-state index contributed by atoms with van der Waals surface area (Å²) in [5, 5.41) is 10.4. The number of aromatic nitrogens is 3. The zero-order valence-electron chi connectivity index (χ0n) is 14.2. The molecule has 2 atom stereocenters. The number of carbonyl (C=O) groups excluding carboxylic acids is 1. The standard InChI is InChI=1S/C15H17FN4O6S/c1-2-25-14-9-24-8-13(14)20-7-12(18-19-20)15(21)17-10-3-5-11(6-4-10)26-27(16,22)23/h3-7,13-14H,2,8-9H2,1H3,(H,17,21)/t13-,14-/m1/s1. The van der Waals surface area contributed by atoms with Gasteiger partial charge >= 0.3 is 10.5 Å². The molecule has 2 heterocycles. The van der Waals surface area contributed by atoms with Crippen LogP contribution in [0.1, 0.15) is 23.5 Å². The Morgan fingerprint density at radius 1 is 1.37 bits per heavy atom. The molecule has 0 spiro atoms. The summed E-state index contributed by atoms with van der Waals surface area (Å²) in [4.78, 5) is 12.3. The van der Waals surface area contributed by atoms with Crippen molar-refractivity contribution in [3.8, 4) is 5.75 Å². The van der Waals surface area contributed by atoms with Gasteiger partial charge in [0.25, 0.3) is 5.91 Å². The van der Waals surface area contributed by atoms with Crippen molar-refractivity contribution >= 4 is 22.1 Å². The average Bonchev–Trinajstić information content (AvgIpc) is 3.24. The first-order valence-corrected chi connectivity index (χ1v) is 9.33. The van der Waals surface area contributed by atoms with E-state index in [1.807, 2.05) is 6.92 Å². The predicted octanol–water partition coefficient (Wildman–Crippen LogP) is 1.10. The Balaban J connectivity index is 1.64. The molecule has 1 aromatic carbocycles. The first kappa shape index (κ1) is 19.2. The summed E-state index contributed by atoms with van der Waals surface area (Å²) in [6, 6.07) is 4.95. The third kappa shape index (κ3) is 4.99. The van der Waals surface area contributed by atoms with Crippen molar-refractivity contribution in [2.45, 2.75) is 19.1 Å². The van der Waals surface area contributed by atoms with Gasteiger partial charge in [-0.25, -0.2) is 4.68 Å². The van der Waals surface area contributed by atoms with Crippen LogP contribution in [0.2, 0.25) is 0 Å². The molecule has 1 saturated heterocycles. The molecule has 10 nitrogen and oxygen atoms in total. The fourth-order valence-corrected chi connectivity index (χ4v) is 2.93. The highest BCUT2D eigenvalue weighted by atomic mass is 32.3. The largest absolute Gasteiger partial charge is 0.488 e. The molecule has 2 aromatic rings. The normalized spacial score (nSPS) is 19.8. The number of anilines is 1. The number of halogens is 1. The van der Waals surface area contributed by atoms with E-state index >= 15 is 0 Å². The van der Waals surface area contributed by atoms with Crippen LogP contribution in [0.25, 0.3) is 0 Å². The van der Waals surface area contributed by atoms with Crippen molar-refractivity contribution < 1.29 is 30.8 Å². The van der Waals surface area contributed by atoms with E-state index in [2.05, 4.69) is 19.8 Å². The Morgan fingerprint density at radius 2 is 2.11 bits per heavy atom. The highest BCUT2D eigenvalue weighted by Gasteiger charge is 2.31. The number of benzene rings is 1. The molecule has 12 heteroatoms. The second-order valence-corrected chi connectivity index (χ2v) is 6.59. The fraction of sp³-hybridized carbons (Fsp3) is 0.400. The van der Waals surface area contributed by atoms with Gasteiger partial charge in [-0.2, -0.15) is 8.42 Å². The smallest absolute Gasteiger partial charge is 0.376 e. The van der Waals surface area contributed by atoms with Gasteiger partial charge in [0.2, 0.25) is 0 Å². The third-order valence-corrected chi connectivity index (χ3v) is 4.16. The van der Waals surface area contributed by atoms with Crippen LogP contribution in [0.5, 0.6) is 5.75 Å². The lowest BCUT2D eigenvalue weighted by Crippen LogP contribution is -2.26. The van der Waals surface area contributed by atoms with Crippen LogP contribution in [0.15, 0.2) is 30.5 Å². The van der Waals surface area contributed by atoms with Crippen molar-refractivity contribution in [1.29, 1.82) is 0 Å². The van der Waals surface area contributed by atoms with E-state index in [4.69, 9.17) is 9.47 Å². The number of hydrogen-bond acceptors (Lipinski definition) is 8. The lowest BCUT2D eigenvalue weighted by atomic mass is 10.2. The van der Waals surface area contributed by atoms with Crippen molar-refractivity contribution in [1.82, 2.24) is 15.0 Å². The average molecular weight is 400 g/mol. The Labute approximate surface area is 154 Å². The molecule has 1 aromatic heterocycles. The van der Waals surface area contributed by atoms with Crippen molar-refractivity contribution in [2.24, 2.45) is 0 Å². The first-order valence-electron chi connectivity index (χ1n) is 8.02. The van der Waals surface area contributed by atoms with Gasteiger partial charge in [-0.05, 0) is 31.2 Å². The maximum absolute atomic E-state index is 12.5. The first-order chi connectivity index (χ1) is 12.9. The Hall–Kier alpha value is -2.57. The molecule has 1 fully saturated rings. The molecule has 1 amide bonds. The van der Waals surface area contributed by atoms with Crippen LogP contribution in [-0.4, -0.2) is 55.2 Å². The van der Waals surface area contributed by atoms with Gasteiger partial charge in [-0.15, -0.1) is 5.10 Å². The number of nitrogens with zero attached hydrogens (tertiary/aromatic N) is 3. The second-order valence-electron chi connectivity index (χ2n) is 5.64. The van der Waals surface area contributed by atoms with E-state index in [9.17, 15) is 17.1 Å². The lowest BCUT2D eigenvalue weighted by Gasteiger charge is -2.16. The van der Waals surface area contributed by atoms with E-state index in [0.717, 1.165) is 0 Å². The summed E-state index contributed by atoms with van der Waals surface area (Å²) in [6.45, 7) is 3.28. The summed E-state index contributed by atoms with van der Waals surface area (Å²) in [5.41, 5.74) is 0.429. The Bertz CT molecular complexity index is 901. The fourth-order valence-electron chi connectivity index (χ4n) is 2.59. The van der Waals surface area contributed by atoms with Crippen molar-refractivity contribution in [2.75, 3.05) is 25.1 Å². The minimum atomic E-state index is -5.10. The van der Waals surface area contributed by atoms with Gasteiger partial charge in [0.05, 0.1) is 19.4 Å². The highest BCUT2D eigenvalue weighted by Crippen LogP contribution is 2.22. The van der Waals surface area contributed by atoms with Crippen LogP contribution in [0.3, 0.4) is 0 Å². The molecule has 1 aliphatic rings. The molecule has 0 bridgehead atoms. The molecule has 0 radical (unpaired) electrons. The Morgan fingerprint density at radius 3 is 2.78 bits per heavy atom. The van der Waals surface area contributed by atoms with Crippen LogP contribution in [-0.2, 0) is 20.0 Å². The van der Waals surface area contributed by atoms with E-state index in [-0.39, 0.29) is 23.6 Å². The zero-order chi connectivity index (χ0) is 19.4. The van der Waals surface area contributed by atoms with Crippen molar-refractivity contribution in [3.05, 3.63) is 36.2 Å². The molecule has 0 unspecified atom stereocenters. The molecular weight excluding hydrogens is 383 g/mol. The summed E-state index contributed by atoms with van der Waals surface area (Å²) in [6.07, 6.45) is 1.33. The minimum absolute atomic E-state index is 0.0869. The summed E-state index contributed by atoms with van der Waals surface area (Å²) >= 11 is 0. The third-order valence-electron chi connectivity index (χ3n) is 3.77. The molecule has 0 saturated carbocycles. The van der Waals surface area contributed by atoms with E-state index < -0.39 is 16.4 Å². The lowest BCUT2D eigenvalue weighted by molar-refractivity contribution is 0.0340. The monoisotopic (exact) mass is 400 g/mol. The number of rotatable bonds is 7. The molecule has 146 valence electrons. The molecular formula is C15H17FN4O6S. The molecule has 1 N–H and O–H groups in total. The van der Waals surface area contributed by atoms with E-state index in [1.165, 1.54) is 35.1 Å². The van der Waals surface area contributed by atoms with Crippen LogP contribution in [0, 0.1) is 0 Å². The molecule has 1 aliphatic heterocycles. The van der Waals surface area contributed by atoms with Crippen molar-refractivity contribution in [3.63, 3.8) is 0 Å². The summed E-state index contributed by atoms with van der Waals surface area (Å²) < 4.78 is 49.9. The van der Waals surface area contributed by atoms with Gasteiger partial charge in [-0.1, -0.05) is 9.10 Å². The number of ether oxygens (including phenoxy) is 2. The van der Waals surface area contributed by atoms with Crippen LogP contribution in [0.4, 0.5) is 9.57 Å². The van der Waals surface area contributed by atoms with Gasteiger partial charge in [0.1, 0.15) is 17.9 Å². The topological polar surface area (TPSA) is 122 Å². The second kappa shape index (κ2) is 7.98. The quantitative estimate of drug-likeness (QED) is 0.686. The summed E-state index contributed by atoms with van der Waals surface area (Å²) in [5.74, 6) is -0.732. The van der Waals surface area contributed by atoms with Gasteiger partial charge in [0, 0.05) is 12.3 Å². The Kier molecular flexibility index (Phi) is 5.68. The molecule has 27 heavy (non-hydrogen) atoms. The number of carbonyl (C=O) groups is 1. The van der Waals surface area contributed by atoms with E-state index in [1.54, 1.807) is 0 Å². The molecule has 3 rings (SSSR count). The zero-order valence-corrected chi connectivity index (χ0v) is 15.1. The highest BCUT2D eigenvalue weighted by molar-refractivity contribution is 7.81. The van der Waals surface area contributed by atoms with Gasteiger partial charge in [0.15, 0.2) is 5.69 Å². The summed E-state index contributed by atoms with van der Waals surface area (Å²) in [7, 11) is -5.10. The number of amides is 1. The van der Waals surface area contributed by atoms with E-state index in [0.29, 0.717) is 25.5 Å². The molecule has 0 aliphatic carbocycles. The number of nitrogens with one attached hydrogen (secondary N) is 1. The van der Waals surface area contributed by atoms with Crippen LogP contribution < -0.4 is 9.50 Å². The van der Waals surface area contributed by atoms with Gasteiger partial charge < -0.3 is 19.0 Å². The maximum atomic E-state index is 12.5. The van der Waals surface area contributed by atoms with Crippen LogP contribution >= 0.6 is 0 Å². The predicted molar refractivity (Wildman–Crippen MR) is 90.3 cm³/mol. The minimum Gasteiger partial charge on any atom is -0.376 e.